The standard InChI is InChI=1S/C28H18N8OS/c37-28(16-5-2-1-3-6-16)31-18-11-17(12-29-13-18)20-8-9-21-25(32-20)26(36-35-21)27-33-22-15-30-14-19(24(22)34-27)23-7-4-10-38-23/h1-15H,(H,31,37)(H,33,34)(H,35,36). The van der Waals surface area contributed by atoms with Gasteiger partial charge in [-0.2, -0.15) is 5.10 Å². The molecule has 38 heavy (non-hydrogen) atoms. The molecule has 0 fully saturated rings. The van der Waals surface area contributed by atoms with Crippen molar-refractivity contribution >= 4 is 45.0 Å². The molecule has 3 N–H and O–H groups in total. The zero-order valence-electron chi connectivity index (χ0n) is 19.7. The van der Waals surface area contributed by atoms with Crippen LogP contribution in [0, 0.1) is 0 Å². The fourth-order valence-corrected chi connectivity index (χ4v) is 5.06. The third-order valence-electron chi connectivity index (χ3n) is 6.14. The summed E-state index contributed by atoms with van der Waals surface area (Å²) in [7, 11) is 0. The summed E-state index contributed by atoms with van der Waals surface area (Å²) in [5.74, 6) is 0.398. The monoisotopic (exact) mass is 514 g/mol. The van der Waals surface area contributed by atoms with Crippen LogP contribution in [0.4, 0.5) is 5.69 Å². The van der Waals surface area contributed by atoms with E-state index in [0.29, 0.717) is 34.0 Å². The second kappa shape index (κ2) is 9.02. The van der Waals surface area contributed by atoms with Crippen molar-refractivity contribution in [3.63, 3.8) is 0 Å². The SMILES string of the molecule is O=C(Nc1cncc(-c2ccc3[nH]nc(-c4nc5c(-c6cccs6)cncc5[nH]4)c3n2)c1)c1ccccc1. The Labute approximate surface area is 219 Å². The van der Waals surface area contributed by atoms with Gasteiger partial charge in [0.2, 0.25) is 0 Å². The molecule has 0 atom stereocenters. The van der Waals surface area contributed by atoms with E-state index in [0.717, 1.165) is 32.6 Å². The quantitative estimate of drug-likeness (QED) is 0.261. The Morgan fingerprint density at radius 2 is 1.74 bits per heavy atom. The summed E-state index contributed by atoms with van der Waals surface area (Å²) < 4.78 is 0. The molecule has 182 valence electrons. The first-order chi connectivity index (χ1) is 18.7. The molecule has 0 radical (unpaired) electrons. The molecule has 0 unspecified atom stereocenters. The van der Waals surface area contributed by atoms with Gasteiger partial charge >= 0.3 is 0 Å². The van der Waals surface area contributed by atoms with Crippen LogP contribution in [0.2, 0.25) is 0 Å². The van der Waals surface area contributed by atoms with E-state index in [2.05, 4.69) is 36.5 Å². The Balaban J connectivity index is 1.25. The summed E-state index contributed by atoms with van der Waals surface area (Å²) in [6.07, 6.45) is 6.91. The lowest BCUT2D eigenvalue weighted by Gasteiger charge is -2.07. The van der Waals surface area contributed by atoms with Gasteiger partial charge in [0.25, 0.3) is 5.91 Å². The molecule has 6 heterocycles. The van der Waals surface area contributed by atoms with E-state index in [-0.39, 0.29) is 5.91 Å². The Morgan fingerprint density at radius 1 is 0.842 bits per heavy atom. The fourth-order valence-electron chi connectivity index (χ4n) is 4.32. The zero-order valence-corrected chi connectivity index (χ0v) is 20.5. The molecule has 9 nitrogen and oxygen atoms in total. The molecule has 7 rings (SSSR count). The maximum absolute atomic E-state index is 12.6. The highest BCUT2D eigenvalue weighted by atomic mass is 32.1. The van der Waals surface area contributed by atoms with Crippen LogP contribution in [0.25, 0.3) is 55.3 Å². The molecule has 10 heteroatoms. The van der Waals surface area contributed by atoms with Crippen molar-refractivity contribution in [2.45, 2.75) is 0 Å². The maximum Gasteiger partial charge on any atom is 0.255 e. The van der Waals surface area contributed by atoms with Crippen LogP contribution in [-0.2, 0) is 0 Å². The molecule has 0 aliphatic carbocycles. The average molecular weight is 515 g/mol. The largest absolute Gasteiger partial charge is 0.335 e. The van der Waals surface area contributed by atoms with E-state index in [4.69, 9.17) is 9.97 Å². The molecule has 0 spiro atoms. The van der Waals surface area contributed by atoms with E-state index in [1.165, 1.54) is 0 Å². The van der Waals surface area contributed by atoms with Crippen LogP contribution in [0.15, 0.2) is 90.8 Å². The van der Waals surface area contributed by atoms with E-state index in [1.807, 2.05) is 54.0 Å². The summed E-state index contributed by atoms with van der Waals surface area (Å²) in [6.45, 7) is 0. The van der Waals surface area contributed by atoms with Crippen molar-refractivity contribution in [2.75, 3.05) is 5.32 Å². The number of carbonyl (C=O) groups excluding carboxylic acids is 1. The van der Waals surface area contributed by atoms with E-state index < -0.39 is 0 Å². The van der Waals surface area contributed by atoms with E-state index in [9.17, 15) is 4.79 Å². The number of anilines is 1. The molecular formula is C28H18N8OS. The molecule has 0 saturated heterocycles. The van der Waals surface area contributed by atoms with Crippen LogP contribution < -0.4 is 5.32 Å². The lowest BCUT2D eigenvalue weighted by Crippen LogP contribution is -2.11. The minimum atomic E-state index is -0.202. The highest BCUT2D eigenvalue weighted by molar-refractivity contribution is 7.13. The molecular weight excluding hydrogens is 496 g/mol. The number of hydrogen-bond acceptors (Lipinski definition) is 7. The zero-order chi connectivity index (χ0) is 25.5. The minimum Gasteiger partial charge on any atom is -0.335 e. The van der Waals surface area contributed by atoms with Gasteiger partial charge in [-0.3, -0.25) is 19.9 Å². The van der Waals surface area contributed by atoms with Crippen molar-refractivity contribution in [3.8, 4) is 33.2 Å². The number of amides is 1. The molecule has 7 aromatic rings. The number of hydrogen-bond donors (Lipinski definition) is 3. The second-order valence-electron chi connectivity index (χ2n) is 8.59. The molecule has 1 amide bonds. The predicted octanol–water partition coefficient (Wildman–Crippen LogP) is 5.94. The predicted molar refractivity (Wildman–Crippen MR) is 148 cm³/mol. The maximum atomic E-state index is 12.6. The van der Waals surface area contributed by atoms with E-state index >= 15 is 0 Å². The molecule has 6 aromatic heterocycles. The highest BCUT2D eigenvalue weighted by Crippen LogP contribution is 2.33. The molecule has 0 aliphatic rings. The number of benzene rings is 1. The van der Waals surface area contributed by atoms with Crippen molar-refractivity contribution in [1.82, 2.24) is 35.1 Å². The van der Waals surface area contributed by atoms with Crippen LogP contribution in [0.1, 0.15) is 10.4 Å². The number of aromatic nitrogens is 7. The third-order valence-corrected chi connectivity index (χ3v) is 7.04. The van der Waals surface area contributed by atoms with Crippen LogP contribution in [-0.4, -0.2) is 41.0 Å². The first-order valence-corrected chi connectivity index (χ1v) is 12.7. The highest BCUT2D eigenvalue weighted by Gasteiger charge is 2.17. The van der Waals surface area contributed by atoms with Gasteiger partial charge in [0.05, 0.1) is 34.8 Å². The topological polar surface area (TPSA) is 125 Å². The van der Waals surface area contributed by atoms with Crippen LogP contribution >= 0.6 is 11.3 Å². The molecule has 0 bridgehead atoms. The summed E-state index contributed by atoms with van der Waals surface area (Å²) >= 11 is 1.64. The Bertz CT molecular complexity index is 1930. The Hall–Kier alpha value is -5.22. The summed E-state index contributed by atoms with van der Waals surface area (Å²) in [6, 6.07) is 18.8. The van der Waals surface area contributed by atoms with Gasteiger partial charge < -0.3 is 10.3 Å². The van der Waals surface area contributed by atoms with Gasteiger partial charge in [-0.15, -0.1) is 11.3 Å². The number of thiophene rings is 1. The van der Waals surface area contributed by atoms with Crippen molar-refractivity contribution in [1.29, 1.82) is 0 Å². The number of rotatable bonds is 5. The van der Waals surface area contributed by atoms with Gasteiger partial charge in [-0.1, -0.05) is 24.3 Å². The fraction of sp³-hybridized carbons (Fsp3) is 0. The summed E-state index contributed by atoms with van der Waals surface area (Å²) in [4.78, 5) is 35.5. The van der Waals surface area contributed by atoms with Crippen molar-refractivity contribution in [2.24, 2.45) is 0 Å². The Morgan fingerprint density at radius 3 is 2.61 bits per heavy atom. The lowest BCUT2D eigenvalue weighted by molar-refractivity contribution is 0.102. The first-order valence-electron chi connectivity index (χ1n) is 11.8. The van der Waals surface area contributed by atoms with Crippen molar-refractivity contribution < 1.29 is 4.79 Å². The molecule has 1 aromatic carbocycles. The number of fused-ring (bicyclic) bond motifs is 2. The first kappa shape index (κ1) is 22.0. The molecule has 0 saturated carbocycles. The average Bonchev–Trinajstić information content (AvgIpc) is 3.73. The second-order valence-corrected chi connectivity index (χ2v) is 9.54. The lowest BCUT2D eigenvalue weighted by atomic mass is 10.1. The normalized spacial score (nSPS) is 11.3. The number of imidazole rings is 1. The number of pyridine rings is 3. The summed E-state index contributed by atoms with van der Waals surface area (Å²) in [5.41, 5.74) is 7.29. The smallest absolute Gasteiger partial charge is 0.255 e. The van der Waals surface area contributed by atoms with Gasteiger partial charge in [0.15, 0.2) is 11.5 Å². The van der Waals surface area contributed by atoms with Crippen LogP contribution in [0.5, 0.6) is 0 Å². The van der Waals surface area contributed by atoms with Gasteiger partial charge in [0.1, 0.15) is 11.0 Å². The van der Waals surface area contributed by atoms with Crippen molar-refractivity contribution in [3.05, 3.63) is 96.4 Å². The number of aromatic amines is 2. The van der Waals surface area contributed by atoms with Gasteiger partial charge in [0, 0.05) is 34.0 Å². The molecule has 0 aliphatic heterocycles. The van der Waals surface area contributed by atoms with E-state index in [1.54, 1.807) is 42.1 Å². The van der Waals surface area contributed by atoms with Crippen LogP contribution in [0.3, 0.4) is 0 Å². The van der Waals surface area contributed by atoms with Gasteiger partial charge in [-0.25, -0.2) is 9.97 Å². The summed E-state index contributed by atoms with van der Waals surface area (Å²) in [5, 5.41) is 12.5. The third kappa shape index (κ3) is 3.89. The number of nitrogens with one attached hydrogen (secondary N) is 3. The number of nitrogens with zero attached hydrogens (tertiary/aromatic N) is 5. The minimum absolute atomic E-state index is 0.202. The van der Waals surface area contributed by atoms with Gasteiger partial charge in [-0.05, 0) is 41.8 Å². The number of H-pyrrole nitrogens is 2. The Kier molecular flexibility index (Phi) is 5.22. The number of carbonyl (C=O) groups is 1.